The van der Waals surface area contributed by atoms with E-state index in [0.717, 1.165) is 18.9 Å². The van der Waals surface area contributed by atoms with Crippen LogP contribution in [0, 0.1) is 5.92 Å². The van der Waals surface area contributed by atoms with Gasteiger partial charge in [0.05, 0.1) is 0 Å². The van der Waals surface area contributed by atoms with Gasteiger partial charge in [-0.3, -0.25) is 0 Å². The minimum Gasteiger partial charge on any atom is -0.345 e. The number of hydrogen-bond donors (Lipinski definition) is 2. The van der Waals surface area contributed by atoms with Gasteiger partial charge in [-0.2, -0.15) is 0 Å². The first-order valence-electron chi connectivity index (χ1n) is 5.07. The van der Waals surface area contributed by atoms with Gasteiger partial charge in [0.2, 0.25) is 5.95 Å². The molecule has 3 N–H and O–H groups in total. The largest absolute Gasteiger partial charge is 0.345 e. The number of anilines is 1. The Morgan fingerprint density at radius 3 is 2.79 bits per heavy atom. The molecule has 1 aromatic heterocycles. The van der Waals surface area contributed by atoms with Crippen molar-refractivity contribution in [2.24, 2.45) is 11.7 Å². The van der Waals surface area contributed by atoms with Gasteiger partial charge in [0.15, 0.2) is 0 Å². The molecule has 1 rings (SSSR count). The van der Waals surface area contributed by atoms with Crippen LogP contribution >= 0.6 is 0 Å². The van der Waals surface area contributed by atoms with Crippen LogP contribution in [0.1, 0.15) is 20.3 Å². The molecule has 4 heteroatoms. The number of H-pyrrole nitrogens is 1. The van der Waals surface area contributed by atoms with Gasteiger partial charge in [0.1, 0.15) is 0 Å². The van der Waals surface area contributed by atoms with Crippen molar-refractivity contribution in [3.63, 3.8) is 0 Å². The van der Waals surface area contributed by atoms with Crippen molar-refractivity contribution < 1.29 is 0 Å². The number of aromatic amines is 1. The van der Waals surface area contributed by atoms with E-state index in [2.05, 4.69) is 28.7 Å². The quantitative estimate of drug-likeness (QED) is 0.744. The summed E-state index contributed by atoms with van der Waals surface area (Å²) in [6.45, 7) is 5.24. The zero-order valence-corrected chi connectivity index (χ0v) is 9.20. The first-order chi connectivity index (χ1) is 6.61. The summed E-state index contributed by atoms with van der Waals surface area (Å²) < 4.78 is 0. The first kappa shape index (κ1) is 11.0. The Balaban J connectivity index is 2.32. The molecule has 1 heterocycles. The standard InChI is InChI=1S/C10H20N4/c1-8(2)9(11)4-7-14(3)10-12-5-6-13-10/h5-6,8-9H,4,7,11H2,1-3H3,(H,12,13). The van der Waals surface area contributed by atoms with Crippen LogP contribution < -0.4 is 10.6 Å². The van der Waals surface area contributed by atoms with E-state index < -0.39 is 0 Å². The fourth-order valence-electron chi connectivity index (χ4n) is 1.25. The van der Waals surface area contributed by atoms with Crippen molar-refractivity contribution in [3.05, 3.63) is 12.4 Å². The molecule has 1 atom stereocenters. The van der Waals surface area contributed by atoms with Gasteiger partial charge >= 0.3 is 0 Å². The lowest BCUT2D eigenvalue weighted by atomic mass is 10.0. The van der Waals surface area contributed by atoms with Crippen molar-refractivity contribution in [3.8, 4) is 0 Å². The van der Waals surface area contributed by atoms with Gasteiger partial charge in [-0.25, -0.2) is 4.98 Å². The summed E-state index contributed by atoms with van der Waals surface area (Å²) in [5, 5.41) is 0. The molecular weight excluding hydrogens is 176 g/mol. The zero-order valence-electron chi connectivity index (χ0n) is 9.20. The number of nitrogens with two attached hydrogens (primary N) is 1. The molecule has 0 aliphatic rings. The van der Waals surface area contributed by atoms with Crippen LogP contribution in [-0.2, 0) is 0 Å². The van der Waals surface area contributed by atoms with Crippen LogP contribution in [0.5, 0.6) is 0 Å². The fourth-order valence-corrected chi connectivity index (χ4v) is 1.25. The molecule has 0 spiro atoms. The number of hydrogen-bond acceptors (Lipinski definition) is 3. The van der Waals surface area contributed by atoms with E-state index in [4.69, 9.17) is 5.73 Å². The van der Waals surface area contributed by atoms with Crippen molar-refractivity contribution in [2.75, 3.05) is 18.5 Å². The van der Waals surface area contributed by atoms with Crippen LogP contribution in [0.15, 0.2) is 12.4 Å². The van der Waals surface area contributed by atoms with Crippen LogP contribution in [-0.4, -0.2) is 29.6 Å². The monoisotopic (exact) mass is 196 g/mol. The maximum atomic E-state index is 5.96. The van der Waals surface area contributed by atoms with Gasteiger partial charge in [-0.05, 0) is 12.3 Å². The first-order valence-corrected chi connectivity index (χ1v) is 5.07. The Kier molecular flexibility index (Phi) is 3.95. The van der Waals surface area contributed by atoms with Crippen LogP contribution in [0.4, 0.5) is 5.95 Å². The highest BCUT2D eigenvalue weighted by Crippen LogP contribution is 2.07. The summed E-state index contributed by atoms with van der Waals surface area (Å²) in [6.07, 6.45) is 4.58. The minimum atomic E-state index is 0.271. The van der Waals surface area contributed by atoms with Crippen molar-refractivity contribution >= 4 is 5.95 Å². The molecule has 80 valence electrons. The zero-order chi connectivity index (χ0) is 10.6. The summed E-state index contributed by atoms with van der Waals surface area (Å²) in [5.41, 5.74) is 5.96. The molecule has 0 saturated carbocycles. The van der Waals surface area contributed by atoms with Crippen LogP contribution in [0.25, 0.3) is 0 Å². The highest BCUT2D eigenvalue weighted by atomic mass is 15.2. The molecule has 0 bridgehead atoms. The number of nitrogens with one attached hydrogen (secondary N) is 1. The van der Waals surface area contributed by atoms with Gasteiger partial charge in [-0.1, -0.05) is 13.8 Å². The Bertz CT molecular complexity index is 243. The van der Waals surface area contributed by atoms with E-state index >= 15 is 0 Å². The second-order valence-electron chi connectivity index (χ2n) is 4.03. The average Bonchev–Trinajstić information content (AvgIpc) is 2.66. The van der Waals surface area contributed by atoms with Crippen molar-refractivity contribution in [2.45, 2.75) is 26.3 Å². The molecular formula is C10H20N4. The van der Waals surface area contributed by atoms with Gasteiger partial charge in [-0.15, -0.1) is 0 Å². The Labute approximate surface area is 85.5 Å². The van der Waals surface area contributed by atoms with Crippen molar-refractivity contribution in [1.29, 1.82) is 0 Å². The SMILES string of the molecule is CC(C)C(N)CCN(C)c1ncc[nH]1. The molecule has 1 unspecified atom stereocenters. The predicted molar refractivity (Wildman–Crippen MR) is 59.3 cm³/mol. The number of rotatable bonds is 5. The number of imidazole rings is 1. The molecule has 14 heavy (non-hydrogen) atoms. The molecule has 4 nitrogen and oxygen atoms in total. The maximum Gasteiger partial charge on any atom is 0.202 e. The number of nitrogens with zero attached hydrogens (tertiary/aromatic N) is 2. The summed E-state index contributed by atoms with van der Waals surface area (Å²) in [6, 6.07) is 0.271. The molecule has 0 fully saturated rings. The third-order valence-electron chi connectivity index (χ3n) is 2.50. The minimum absolute atomic E-state index is 0.271. The van der Waals surface area contributed by atoms with E-state index in [1.54, 1.807) is 6.20 Å². The van der Waals surface area contributed by atoms with Crippen molar-refractivity contribution in [1.82, 2.24) is 9.97 Å². The summed E-state index contributed by atoms with van der Waals surface area (Å²) in [7, 11) is 2.02. The topological polar surface area (TPSA) is 57.9 Å². The lowest BCUT2D eigenvalue weighted by molar-refractivity contribution is 0.465. The van der Waals surface area contributed by atoms with E-state index in [-0.39, 0.29) is 6.04 Å². The van der Waals surface area contributed by atoms with Crippen LogP contribution in [0.3, 0.4) is 0 Å². The van der Waals surface area contributed by atoms with Gasteiger partial charge in [0.25, 0.3) is 0 Å². The fraction of sp³-hybridized carbons (Fsp3) is 0.700. The molecule has 0 aliphatic carbocycles. The smallest absolute Gasteiger partial charge is 0.202 e. The molecule has 0 aromatic carbocycles. The van der Waals surface area contributed by atoms with E-state index in [0.29, 0.717) is 5.92 Å². The Morgan fingerprint density at radius 2 is 2.29 bits per heavy atom. The van der Waals surface area contributed by atoms with Gasteiger partial charge in [0, 0.05) is 32.0 Å². The molecule has 0 saturated heterocycles. The molecule has 1 aromatic rings. The summed E-state index contributed by atoms with van der Waals surface area (Å²) >= 11 is 0. The maximum absolute atomic E-state index is 5.96. The third-order valence-corrected chi connectivity index (χ3v) is 2.50. The van der Waals surface area contributed by atoms with E-state index in [9.17, 15) is 0 Å². The number of aromatic nitrogens is 2. The second-order valence-corrected chi connectivity index (χ2v) is 4.03. The Morgan fingerprint density at radius 1 is 1.57 bits per heavy atom. The second kappa shape index (κ2) is 5.00. The Hall–Kier alpha value is -1.03. The van der Waals surface area contributed by atoms with Gasteiger partial charge < -0.3 is 15.6 Å². The molecule has 0 amide bonds. The normalized spacial score (nSPS) is 13.2. The average molecular weight is 196 g/mol. The molecule has 0 aliphatic heterocycles. The predicted octanol–water partition coefficient (Wildman–Crippen LogP) is 1.22. The summed E-state index contributed by atoms with van der Waals surface area (Å²) in [5.74, 6) is 1.45. The van der Waals surface area contributed by atoms with E-state index in [1.807, 2.05) is 13.2 Å². The van der Waals surface area contributed by atoms with Crippen LogP contribution in [0.2, 0.25) is 0 Å². The highest BCUT2D eigenvalue weighted by Gasteiger charge is 2.09. The lowest BCUT2D eigenvalue weighted by Crippen LogP contribution is -2.32. The molecule has 0 radical (unpaired) electrons. The summed E-state index contributed by atoms with van der Waals surface area (Å²) in [4.78, 5) is 9.32. The lowest BCUT2D eigenvalue weighted by Gasteiger charge is -2.20. The third kappa shape index (κ3) is 3.03. The highest BCUT2D eigenvalue weighted by molar-refractivity contribution is 5.26. The van der Waals surface area contributed by atoms with E-state index in [1.165, 1.54) is 0 Å².